The fourth-order valence-corrected chi connectivity index (χ4v) is 1.41. The minimum Gasteiger partial charge on any atom is -0.475 e. The molecule has 0 radical (unpaired) electrons. The van der Waals surface area contributed by atoms with Crippen LogP contribution in [-0.2, 0) is 19.1 Å². The van der Waals surface area contributed by atoms with E-state index in [1.54, 1.807) is 0 Å². The summed E-state index contributed by atoms with van der Waals surface area (Å²) in [6, 6.07) is 0. The number of hydrogen-bond acceptors (Lipinski definition) is 5. The van der Waals surface area contributed by atoms with Crippen LogP contribution in [0.25, 0.3) is 0 Å². The van der Waals surface area contributed by atoms with E-state index in [-0.39, 0.29) is 24.2 Å². The van der Waals surface area contributed by atoms with Crippen molar-refractivity contribution in [2.75, 3.05) is 26.7 Å². The molecule has 10 heteroatoms. The van der Waals surface area contributed by atoms with Gasteiger partial charge < -0.3 is 20.5 Å². The van der Waals surface area contributed by atoms with E-state index in [0.717, 1.165) is 19.5 Å². The number of esters is 1. The van der Waals surface area contributed by atoms with Crippen molar-refractivity contribution in [2.24, 2.45) is 5.92 Å². The Morgan fingerprint density at radius 2 is 1.95 bits per heavy atom. The highest BCUT2D eigenvalue weighted by atomic mass is 19.4. The Balaban J connectivity index is 0.000000486. The van der Waals surface area contributed by atoms with Gasteiger partial charge in [-0.05, 0) is 13.0 Å². The van der Waals surface area contributed by atoms with Crippen molar-refractivity contribution in [1.82, 2.24) is 10.6 Å². The van der Waals surface area contributed by atoms with Crippen LogP contribution in [0.1, 0.15) is 12.8 Å². The zero-order chi connectivity index (χ0) is 16.5. The Kier molecular flexibility index (Phi) is 8.36. The number of aliphatic carboxylic acids is 1. The van der Waals surface area contributed by atoms with Crippen LogP contribution in [0.4, 0.5) is 13.2 Å². The number of amides is 1. The first-order valence-corrected chi connectivity index (χ1v) is 6.03. The van der Waals surface area contributed by atoms with Crippen molar-refractivity contribution in [2.45, 2.75) is 19.0 Å². The maximum atomic E-state index is 11.4. The monoisotopic (exact) mass is 314 g/mol. The van der Waals surface area contributed by atoms with Gasteiger partial charge in [-0.2, -0.15) is 13.2 Å². The average Bonchev–Trinajstić information content (AvgIpc) is 2.91. The van der Waals surface area contributed by atoms with E-state index in [1.807, 2.05) is 0 Å². The van der Waals surface area contributed by atoms with E-state index in [2.05, 4.69) is 15.4 Å². The highest BCUT2D eigenvalue weighted by molar-refractivity contribution is 5.79. The van der Waals surface area contributed by atoms with E-state index in [1.165, 1.54) is 7.11 Å². The first kappa shape index (κ1) is 19.2. The number of halogens is 3. The maximum Gasteiger partial charge on any atom is 0.490 e. The molecule has 1 fully saturated rings. The zero-order valence-electron chi connectivity index (χ0n) is 11.3. The van der Waals surface area contributed by atoms with Gasteiger partial charge in [0.05, 0.1) is 19.4 Å². The van der Waals surface area contributed by atoms with Crippen molar-refractivity contribution in [3.8, 4) is 0 Å². The minimum atomic E-state index is -5.08. The van der Waals surface area contributed by atoms with Gasteiger partial charge in [-0.25, -0.2) is 4.79 Å². The molecule has 1 saturated heterocycles. The van der Waals surface area contributed by atoms with Gasteiger partial charge in [-0.3, -0.25) is 9.59 Å². The van der Waals surface area contributed by atoms with Gasteiger partial charge in [0.1, 0.15) is 0 Å². The predicted octanol–water partition coefficient (Wildman–Crippen LogP) is -0.0915. The molecule has 0 bridgehead atoms. The second-order valence-electron chi connectivity index (χ2n) is 4.11. The normalized spacial score (nSPS) is 17.4. The molecule has 0 saturated carbocycles. The second-order valence-corrected chi connectivity index (χ2v) is 4.11. The lowest BCUT2D eigenvalue weighted by molar-refractivity contribution is -0.192. The van der Waals surface area contributed by atoms with Gasteiger partial charge in [-0.15, -0.1) is 0 Å². The molecule has 0 unspecified atom stereocenters. The van der Waals surface area contributed by atoms with Crippen LogP contribution in [0.3, 0.4) is 0 Å². The van der Waals surface area contributed by atoms with E-state index in [9.17, 15) is 22.8 Å². The largest absolute Gasteiger partial charge is 0.490 e. The average molecular weight is 314 g/mol. The number of rotatable bonds is 4. The maximum absolute atomic E-state index is 11.4. The van der Waals surface area contributed by atoms with Crippen LogP contribution in [-0.4, -0.2) is 55.9 Å². The number of carboxylic acids is 1. The van der Waals surface area contributed by atoms with Crippen LogP contribution in [0.15, 0.2) is 0 Å². The van der Waals surface area contributed by atoms with Crippen molar-refractivity contribution in [3.05, 3.63) is 0 Å². The minimum absolute atomic E-state index is 0.0268. The molecule has 1 rings (SSSR count). The Labute approximate surface area is 118 Å². The molecule has 0 spiro atoms. The highest BCUT2D eigenvalue weighted by Gasteiger charge is 2.38. The number of alkyl halides is 3. The lowest BCUT2D eigenvalue weighted by atomic mass is 10.1. The molecule has 1 atom stereocenters. The molecule has 122 valence electrons. The quantitative estimate of drug-likeness (QED) is 0.626. The standard InChI is InChI=1S/C9H16N2O3.C2HF3O2/c1-14-8(12)3-5-11-9(13)7-2-4-10-6-7;3-2(4,5)1(6)7/h7,10H,2-6H2,1H3,(H,11,13);(H,6,7)/t7-;/m0./s1. The third-order valence-electron chi connectivity index (χ3n) is 2.53. The first-order chi connectivity index (χ1) is 9.68. The Morgan fingerprint density at radius 1 is 1.38 bits per heavy atom. The third-order valence-corrected chi connectivity index (χ3v) is 2.53. The summed E-state index contributed by atoms with van der Waals surface area (Å²) in [7, 11) is 1.34. The number of nitrogens with one attached hydrogen (secondary N) is 2. The summed E-state index contributed by atoms with van der Waals surface area (Å²) in [5.41, 5.74) is 0. The number of ether oxygens (including phenoxy) is 1. The summed E-state index contributed by atoms with van der Waals surface area (Å²) in [5, 5.41) is 12.9. The molecular weight excluding hydrogens is 297 g/mol. The Morgan fingerprint density at radius 3 is 2.33 bits per heavy atom. The molecular formula is C11H17F3N2O5. The number of carbonyl (C=O) groups is 3. The molecule has 1 aliphatic heterocycles. The smallest absolute Gasteiger partial charge is 0.475 e. The van der Waals surface area contributed by atoms with Gasteiger partial charge in [0.25, 0.3) is 0 Å². The Hall–Kier alpha value is -1.84. The summed E-state index contributed by atoms with van der Waals surface area (Å²) in [6.45, 7) is 2.00. The molecule has 0 aromatic heterocycles. The van der Waals surface area contributed by atoms with Gasteiger partial charge in [0, 0.05) is 13.1 Å². The second kappa shape index (κ2) is 9.16. The molecule has 1 heterocycles. The van der Waals surface area contributed by atoms with Crippen molar-refractivity contribution in [3.63, 3.8) is 0 Å². The SMILES string of the molecule is COC(=O)CCNC(=O)[C@H]1CCNC1.O=C(O)C(F)(F)F. The number of carbonyl (C=O) groups excluding carboxylic acids is 2. The van der Waals surface area contributed by atoms with Crippen molar-refractivity contribution < 1.29 is 37.4 Å². The molecule has 1 aliphatic rings. The molecule has 0 aromatic carbocycles. The van der Waals surface area contributed by atoms with Crippen LogP contribution < -0.4 is 10.6 Å². The summed E-state index contributed by atoms with van der Waals surface area (Å²) in [5.74, 6) is -2.96. The van der Waals surface area contributed by atoms with E-state index < -0.39 is 12.1 Å². The van der Waals surface area contributed by atoms with Crippen LogP contribution in [0.5, 0.6) is 0 Å². The number of methoxy groups -OCH3 is 1. The topological polar surface area (TPSA) is 105 Å². The fraction of sp³-hybridized carbons (Fsp3) is 0.727. The lowest BCUT2D eigenvalue weighted by Gasteiger charge is -2.08. The van der Waals surface area contributed by atoms with Gasteiger partial charge in [0.15, 0.2) is 0 Å². The van der Waals surface area contributed by atoms with E-state index >= 15 is 0 Å². The number of carboxylic acid groups (broad SMARTS) is 1. The summed E-state index contributed by atoms with van der Waals surface area (Å²) >= 11 is 0. The van der Waals surface area contributed by atoms with Crippen molar-refractivity contribution in [1.29, 1.82) is 0 Å². The van der Waals surface area contributed by atoms with Crippen LogP contribution in [0.2, 0.25) is 0 Å². The van der Waals surface area contributed by atoms with Gasteiger partial charge in [-0.1, -0.05) is 0 Å². The van der Waals surface area contributed by atoms with Crippen LogP contribution >= 0.6 is 0 Å². The molecule has 21 heavy (non-hydrogen) atoms. The molecule has 0 aliphatic carbocycles. The van der Waals surface area contributed by atoms with Gasteiger partial charge >= 0.3 is 18.1 Å². The summed E-state index contributed by atoms with van der Waals surface area (Å²) < 4.78 is 36.2. The van der Waals surface area contributed by atoms with Crippen LogP contribution in [0, 0.1) is 5.92 Å². The van der Waals surface area contributed by atoms with E-state index in [4.69, 9.17) is 9.90 Å². The first-order valence-electron chi connectivity index (χ1n) is 6.03. The third kappa shape index (κ3) is 8.84. The van der Waals surface area contributed by atoms with E-state index in [0.29, 0.717) is 6.54 Å². The fourth-order valence-electron chi connectivity index (χ4n) is 1.41. The molecule has 7 nitrogen and oxygen atoms in total. The zero-order valence-corrected chi connectivity index (χ0v) is 11.3. The molecule has 0 aromatic rings. The Bertz CT molecular complexity index is 367. The molecule has 1 amide bonds. The molecule has 3 N–H and O–H groups in total. The van der Waals surface area contributed by atoms with Gasteiger partial charge in [0.2, 0.25) is 5.91 Å². The van der Waals surface area contributed by atoms with Crippen molar-refractivity contribution >= 4 is 17.8 Å². The number of hydrogen-bond donors (Lipinski definition) is 3. The summed E-state index contributed by atoms with van der Waals surface area (Å²) in [4.78, 5) is 31.0. The highest BCUT2D eigenvalue weighted by Crippen LogP contribution is 2.13. The lowest BCUT2D eigenvalue weighted by Crippen LogP contribution is -2.33. The summed E-state index contributed by atoms with van der Waals surface area (Å²) in [6.07, 6.45) is -3.97. The predicted molar refractivity (Wildman–Crippen MR) is 64.3 cm³/mol.